The van der Waals surface area contributed by atoms with Gasteiger partial charge in [0.1, 0.15) is 0 Å². The number of hydrogen-bond donors (Lipinski definition) is 0. The maximum atomic E-state index is 6.34. The van der Waals surface area contributed by atoms with Crippen molar-refractivity contribution < 1.29 is 9.47 Å². The molecule has 2 heteroatoms. The largest absolute Gasteiger partial charge is 0.346 e. The maximum Gasteiger partial charge on any atom is 0.197 e. The highest BCUT2D eigenvalue weighted by Gasteiger charge is 2.41. The molecule has 1 aromatic carbocycles. The van der Waals surface area contributed by atoms with Gasteiger partial charge in [0.15, 0.2) is 5.79 Å². The lowest BCUT2D eigenvalue weighted by molar-refractivity contribution is -0.277. The molecule has 1 atom stereocenters. The molecule has 0 bridgehead atoms. The van der Waals surface area contributed by atoms with Crippen LogP contribution in [0.5, 0.6) is 0 Å². The van der Waals surface area contributed by atoms with Crippen LogP contribution in [0, 0.1) is 5.92 Å². The molecule has 1 aromatic rings. The summed E-state index contributed by atoms with van der Waals surface area (Å²) in [4.78, 5) is 0. The van der Waals surface area contributed by atoms with Gasteiger partial charge in [0.2, 0.25) is 0 Å². The molecular weight excluding hydrogens is 308 g/mol. The number of hydrogen-bond acceptors (Lipinski definition) is 2. The Balaban J connectivity index is 2.88. The van der Waals surface area contributed by atoms with Gasteiger partial charge in [-0.25, -0.2) is 0 Å². The molecule has 144 valence electrons. The van der Waals surface area contributed by atoms with E-state index in [1.165, 1.54) is 50.5 Å². The molecular formula is C23H40O2. The summed E-state index contributed by atoms with van der Waals surface area (Å²) in [6.45, 7) is 10.0. The molecule has 2 nitrogen and oxygen atoms in total. The number of benzene rings is 1. The predicted molar refractivity (Wildman–Crippen MR) is 108 cm³/mol. The fraction of sp³-hybridized carbons (Fsp3) is 0.739. The van der Waals surface area contributed by atoms with Crippen LogP contribution >= 0.6 is 0 Å². The lowest BCUT2D eigenvalue weighted by Gasteiger charge is -2.40. The van der Waals surface area contributed by atoms with Crippen molar-refractivity contribution in [2.45, 2.75) is 91.3 Å². The monoisotopic (exact) mass is 348 g/mol. The van der Waals surface area contributed by atoms with Crippen LogP contribution in [0.2, 0.25) is 0 Å². The van der Waals surface area contributed by atoms with Crippen LogP contribution in [0.4, 0.5) is 0 Å². The lowest BCUT2D eigenvalue weighted by Crippen LogP contribution is -2.41. The van der Waals surface area contributed by atoms with E-state index >= 15 is 0 Å². The molecule has 0 saturated carbocycles. The second-order valence-corrected chi connectivity index (χ2v) is 6.94. The van der Waals surface area contributed by atoms with E-state index in [0.29, 0.717) is 19.1 Å². The number of ether oxygens (including phenoxy) is 2. The molecule has 1 rings (SSSR count). The molecule has 0 saturated heterocycles. The molecule has 0 amide bonds. The zero-order valence-electron chi connectivity index (χ0n) is 17.1. The molecule has 0 spiro atoms. The van der Waals surface area contributed by atoms with Crippen molar-refractivity contribution in [1.82, 2.24) is 0 Å². The van der Waals surface area contributed by atoms with Crippen LogP contribution in [0.1, 0.15) is 91.0 Å². The minimum atomic E-state index is -0.593. The summed E-state index contributed by atoms with van der Waals surface area (Å²) in [6, 6.07) is 10.6. The second-order valence-electron chi connectivity index (χ2n) is 6.94. The van der Waals surface area contributed by atoms with E-state index in [-0.39, 0.29) is 0 Å². The molecule has 0 aromatic heterocycles. The highest BCUT2D eigenvalue weighted by atomic mass is 16.7. The fourth-order valence-electron chi connectivity index (χ4n) is 3.82. The van der Waals surface area contributed by atoms with Crippen molar-refractivity contribution in [3.63, 3.8) is 0 Å². The Kier molecular flexibility index (Phi) is 11.9. The van der Waals surface area contributed by atoms with Gasteiger partial charge in [0.25, 0.3) is 0 Å². The molecule has 0 N–H and O–H groups in total. The van der Waals surface area contributed by atoms with E-state index in [0.717, 1.165) is 12.8 Å². The highest BCUT2D eigenvalue weighted by molar-refractivity contribution is 5.21. The van der Waals surface area contributed by atoms with Crippen molar-refractivity contribution in [3.8, 4) is 0 Å². The van der Waals surface area contributed by atoms with Crippen molar-refractivity contribution in [2.75, 3.05) is 13.2 Å². The first-order chi connectivity index (χ1) is 12.2. The quantitative estimate of drug-likeness (QED) is 0.249. The summed E-state index contributed by atoms with van der Waals surface area (Å²) in [7, 11) is 0. The predicted octanol–water partition coefficient (Wildman–Crippen LogP) is 7.08. The summed E-state index contributed by atoms with van der Waals surface area (Å²) in [6.07, 6.45) is 11.5. The van der Waals surface area contributed by atoms with E-state index in [4.69, 9.17) is 9.47 Å². The Morgan fingerprint density at radius 1 is 0.720 bits per heavy atom. The Morgan fingerprint density at radius 3 is 1.88 bits per heavy atom. The van der Waals surface area contributed by atoms with Crippen molar-refractivity contribution in [2.24, 2.45) is 5.92 Å². The third-order valence-electron chi connectivity index (χ3n) is 4.97. The van der Waals surface area contributed by atoms with Gasteiger partial charge >= 0.3 is 0 Å². The number of rotatable bonds is 15. The summed E-state index contributed by atoms with van der Waals surface area (Å²) in [5.74, 6) is -0.185. The van der Waals surface area contributed by atoms with Crippen molar-refractivity contribution in [3.05, 3.63) is 35.9 Å². The van der Waals surface area contributed by atoms with Crippen LogP contribution in [-0.2, 0) is 15.3 Å². The minimum absolute atomic E-state index is 0.408. The number of unbranched alkanes of at least 4 members (excludes halogenated alkanes) is 5. The summed E-state index contributed by atoms with van der Waals surface area (Å²) in [5, 5.41) is 0. The van der Waals surface area contributed by atoms with Crippen molar-refractivity contribution >= 4 is 0 Å². The van der Waals surface area contributed by atoms with Gasteiger partial charge in [-0.15, -0.1) is 0 Å². The van der Waals surface area contributed by atoms with Gasteiger partial charge in [0.05, 0.1) is 0 Å². The van der Waals surface area contributed by atoms with Crippen LogP contribution in [-0.4, -0.2) is 13.2 Å². The third kappa shape index (κ3) is 7.11. The maximum absolute atomic E-state index is 6.34. The smallest absolute Gasteiger partial charge is 0.197 e. The Labute approximate surface area is 156 Å². The van der Waals surface area contributed by atoms with Gasteiger partial charge in [-0.2, -0.15) is 0 Å². The van der Waals surface area contributed by atoms with Gasteiger partial charge in [-0.1, -0.05) is 89.1 Å². The SMILES string of the molecule is CCCCCCCCC(CCC)C(OCC)(OCC)c1ccccc1. The first kappa shape index (κ1) is 22.2. The van der Waals surface area contributed by atoms with Gasteiger partial charge in [0, 0.05) is 24.7 Å². The van der Waals surface area contributed by atoms with E-state index in [1.54, 1.807) is 0 Å². The molecule has 0 aliphatic carbocycles. The average Bonchev–Trinajstić information content (AvgIpc) is 2.64. The third-order valence-corrected chi connectivity index (χ3v) is 4.97. The molecule has 0 radical (unpaired) electrons. The average molecular weight is 349 g/mol. The molecule has 25 heavy (non-hydrogen) atoms. The standard InChI is InChI=1S/C23H40O2/c1-5-9-10-11-12-14-18-21(17-6-2)23(24-7-3,25-8-4)22-19-15-13-16-20-22/h13,15-16,19-21H,5-12,14,17-18H2,1-4H3. The molecule has 0 aliphatic rings. The van der Waals surface area contributed by atoms with Gasteiger partial charge in [-0.05, 0) is 26.7 Å². The van der Waals surface area contributed by atoms with Crippen LogP contribution in [0.15, 0.2) is 30.3 Å². The van der Waals surface area contributed by atoms with E-state index in [2.05, 4.69) is 58.0 Å². The normalized spacial score (nSPS) is 13.1. The second kappa shape index (κ2) is 13.4. The fourth-order valence-corrected chi connectivity index (χ4v) is 3.82. The van der Waals surface area contributed by atoms with Crippen LogP contribution in [0.25, 0.3) is 0 Å². The Hall–Kier alpha value is -0.860. The highest BCUT2D eigenvalue weighted by Crippen LogP contribution is 2.41. The summed E-state index contributed by atoms with van der Waals surface area (Å²) in [5.41, 5.74) is 1.17. The van der Waals surface area contributed by atoms with E-state index in [1.807, 2.05) is 0 Å². The Bertz CT molecular complexity index is 409. The van der Waals surface area contributed by atoms with Crippen LogP contribution in [0.3, 0.4) is 0 Å². The van der Waals surface area contributed by atoms with Crippen molar-refractivity contribution in [1.29, 1.82) is 0 Å². The van der Waals surface area contributed by atoms with Gasteiger partial charge < -0.3 is 9.47 Å². The molecule has 0 fully saturated rings. The summed E-state index contributed by atoms with van der Waals surface area (Å²) < 4.78 is 12.7. The molecule has 0 heterocycles. The first-order valence-corrected chi connectivity index (χ1v) is 10.6. The zero-order valence-corrected chi connectivity index (χ0v) is 17.1. The van der Waals surface area contributed by atoms with E-state index < -0.39 is 5.79 Å². The van der Waals surface area contributed by atoms with Crippen LogP contribution < -0.4 is 0 Å². The zero-order chi connectivity index (χ0) is 18.4. The first-order valence-electron chi connectivity index (χ1n) is 10.6. The van der Waals surface area contributed by atoms with E-state index in [9.17, 15) is 0 Å². The minimum Gasteiger partial charge on any atom is -0.346 e. The topological polar surface area (TPSA) is 18.5 Å². The molecule has 1 unspecified atom stereocenters. The Morgan fingerprint density at radius 2 is 1.32 bits per heavy atom. The van der Waals surface area contributed by atoms with Gasteiger partial charge in [-0.3, -0.25) is 0 Å². The molecule has 0 aliphatic heterocycles. The lowest BCUT2D eigenvalue weighted by atomic mass is 9.83. The summed E-state index contributed by atoms with van der Waals surface area (Å²) >= 11 is 0.